The minimum Gasteiger partial charge on any atom is -0.388 e. The number of hydrogen-bond donors (Lipinski definition) is 1. The maximum atomic E-state index is 10.6. The summed E-state index contributed by atoms with van der Waals surface area (Å²) in [5.41, 5.74) is 0.818. The zero-order valence-corrected chi connectivity index (χ0v) is 11.8. The van der Waals surface area contributed by atoms with Crippen LogP contribution < -0.4 is 0 Å². The SMILES string of the molecule is CCC(C)(C)C(O)c1ccc(Cl)c2ccccc12. The Morgan fingerprint density at radius 1 is 1.11 bits per heavy atom. The van der Waals surface area contributed by atoms with Gasteiger partial charge in [0.2, 0.25) is 0 Å². The molecule has 96 valence electrons. The lowest BCUT2D eigenvalue weighted by molar-refractivity contribution is 0.0477. The molecule has 0 spiro atoms. The molecular weight excluding hydrogens is 244 g/mol. The molecule has 18 heavy (non-hydrogen) atoms. The first-order chi connectivity index (χ1) is 8.47. The molecule has 0 aromatic heterocycles. The van der Waals surface area contributed by atoms with Crippen molar-refractivity contribution in [3.8, 4) is 0 Å². The Morgan fingerprint density at radius 3 is 2.33 bits per heavy atom. The van der Waals surface area contributed by atoms with Crippen LogP contribution in [0, 0.1) is 5.41 Å². The molecule has 0 amide bonds. The first-order valence-electron chi connectivity index (χ1n) is 6.32. The monoisotopic (exact) mass is 262 g/mol. The van der Waals surface area contributed by atoms with Crippen LogP contribution in [0.5, 0.6) is 0 Å². The van der Waals surface area contributed by atoms with Crippen LogP contribution in [0.15, 0.2) is 36.4 Å². The third kappa shape index (κ3) is 2.25. The van der Waals surface area contributed by atoms with Crippen molar-refractivity contribution in [2.45, 2.75) is 33.3 Å². The number of benzene rings is 2. The molecule has 1 atom stereocenters. The van der Waals surface area contributed by atoms with E-state index in [1.807, 2.05) is 36.4 Å². The number of rotatable bonds is 3. The molecule has 0 aliphatic heterocycles. The van der Waals surface area contributed by atoms with E-state index < -0.39 is 6.10 Å². The average molecular weight is 263 g/mol. The Hall–Kier alpha value is -1.05. The van der Waals surface area contributed by atoms with Gasteiger partial charge in [-0.25, -0.2) is 0 Å². The summed E-state index contributed by atoms with van der Waals surface area (Å²) in [5, 5.41) is 13.4. The van der Waals surface area contributed by atoms with Gasteiger partial charge < -0.3 is 5.11 Å². The molecule has 2 aromatic carbocycles. The Balaban J connectivity index is 2.62. The highest BCUT2D eigenvalue weighted by molar-refractivity contribution is 6.35. The molecule has 2 rings (SSSR count). The summed E-state index contributed by atoms with van der Waals surface area (Å²) in [4.78, 5) is 0. The minimum absolute atomic E-state index is 0.142. The van der Waals surface area contributed by atoms with Gasteiger partial charge >= 0.3 is 0 Å². The molecule has 0 radical (unpaired) electrons. The third-order valence-corrected chi connectivity index (χ3v) is 4.18. The Morgan fingerprint density at radius 2 is 1.72 bits per heavy atom. The van der Waals surface area contributed by atoms with E-state index in [0.717, 1.165) is 27.8 Å². The molecule has 0 heterocycles. The van der Waals surface area contributed by atoms with Crippen molar-refractivity contribution in [1.29, 1.82) is 0 Å². The van der Waals surface area contributed by atoms with E-state index >= 15 is 0 Å². The van der Waals surface area contributed by atoms with E-state index in [1.54, 1.807) is 0 Å². The van der Waals surface area contributed by atoms with E-state index in [2.05, 4.69) is 20.8 Å². The summed E-state index contributed by atoms with van der Waals surface area (Å²) in [5.74, 6) is 0. The maximum absolute atomic E-state index is 10.6. The normalized spacial score (nSPS) is 13.8. The van der Waals surface area contributed by atoms with Crippen LogP contribution in [0.3, 0.4) is 0 Å². The molecule has 1 nitrogen and oxygen atoms in total. The van der Waals surface area contributed by atoms with Crippen LogP contribution in [-0.4, -0.2) is 5.11 Å². The van der Waals surface area contributed by atoms with Crippen LogP contribution in [0.25, 0.3) is 10.8 Å². The van der Waals surface area contributed by atoms with Crippen molar-refractivity contribution in [3.63, 3.8) is 0 Å². The molecule has 0 saturated carbocycles. The van der Waals surface area contributed by atoms with Crippen LogP contribution in [-0.2, 0) is 0 Å². The summed E-state index contributed by atoms with van der Waals surface area (Å²) in [6, 6.07) is 11.8. The van der Waals surface area contributed by atoms with Crippen LogP contribution in [0.1, 0.15) is 38.9 Å². The maximum Gasteiger partial charge on any atom is 0.0846 e. The standard InChI is InChI=1S/C16H19ClO/c1-4-16(2,3)15(18)13-9-10-14(17)12-8-6-5-7-11(12)13/h5-10,15,18H,4H2,1-3H3. The highest BCUT2D eigenvalue weighted by atomic mass is 35.5. The highest BCUT2D eigenvalue weighted by Gasteiger charge is 2.28. The van der Waals surface area contributed by atoms with Gasteiger partial charge in [0.1, 0.15) is 0 Å². The van der Waals surface area contributed by atoms with Gasteiger partial charge in [0.25, 0.3) is 0 Å². The summed E-state index contributed by atoms with van der Waals surface area (Å²) in [6.07, 6.45) is 0.440. The number of aliphatic hydroxyl groups excluding tert-OH is 1. The molecular formula is C16H19ClO. The lowest BCUT2D eigenvalue weighted by atomic mass is 9.79. The number of aliphatic hydroxyl groups is 1. The van der Waals surface area contributed by atoms with E-state index in [1.165, 1.54) is 0 Å². The largest absolute Gasteiger partial charge is 0.388 e. The Kier molecular flexibility index (Phi) is 3.65. The summed E-state index contributed by atoms with van der Waals surface area (Å²) in [6.45, 7) is 6.27. The van der Waals surface area contributed by atoms with Crippen LogP contribution >= 0.6 is 11.6 Å². The fourth-order valence-electron chi connectivity index (χ4n) is 2.14. The van der Waals surface area contributed by atoms with Gasteiger partial charge in [0.05, 0.1) is 6.10 Å². The smallest absolute Gasteiger partial charge is 0.0846 e. The number of fused-ring (bicyclic) bond motifs is 1. The van der Waals surface area contributed by atoms with E-state index in [-0.39, 0.29) is 5.41 Å². The van der Waals surface area contributed by atoms with Gasteiger partial charge in [-0.15, -0.1) is 0 Å². The molecule has 0 aliphatic carbocycles. The zero-order chi connectivity index (χ0) is 13.3. The second kappa shape index (κ2) is 4.91. The van der Waals surface area contributed by atoms with Crippen LogP contribution in [0.2, 0.25) is 5.02 Å². The number of hydrogen-bond acceptors (Lipinski definition) is 1. The molecule has 0 bridgehead atoms. The second-order valence-electron chi connectivity index (χ2n) is 5.43. The number of halogens is 1. The van der Waals surface area contributed by atoms with Gasteiger partial charge in [0, 0.05) is 10.4 Å². The topological polar surface area (TPSA) is 20.2 Å². The van der Waals surface area contributed by atoms with E-state index in [0.29, 0.717) is 0 Å². The summed E-state index contributed by atoms with van der Waals surface area (Å²) in [7, 11) is 0. The fraction of sp³-hybridized carbons (Fsp3) is 0.375. The van der Waals surface area contributed by atoms with Crippen LogP contribution in [0.4, 0.5) is 0 Å². The van der Waals surface area contributed by atoms with Crippen molar-refractivity contribution >= 4 is 22.4 Å². The lowest BCUT2D eigenvalue weighted by Gasteiger charge is -2.30. The molecule has 1 N–H and O–H groups in total. The second-order valence-corrected chi connectivity index (χ2v) is 5.83. The third-order valence-electron chi connectivity index (χ3n) is 3.85. The minimum atomic E-state index is -0.482. The van der Waals surface area contributed by atoms with Gasteiger partial charge in [-0.3, -0.25) is 0 Å². The first-order valence-corrected chi connectivity index (χ1v) is 6.70. The predicted octanol–water partition coefficient (Wildman–Crippen LogP) is 4.96. The van der Waals surface area contributed by atoms with Crippen molar-refractivity contribution < 1.29 is 5.11 Å². The van der Waals surface area contributed by atoms with Crippen molar-refractivity contribution in [2.75, 3.05) is 0 Å². The van der Waals surface area contributed by atoms with Gasteiger partial charge in [-0.2, -0.15) is 0 Å². The van der Waals surface area contributed by atoms with Gasteiger partial charge in [0.15, 0.2) is 0 Å². The average Bonchev–Trinajstić information content (AvgIpc) is 2.39. The van der Waals surface area contributed by atoms with Gasteiger partial charge in [-0.1, -0.05) is 62.7 Å². The molecule has 1 unspecified atom stereocenters. The zero-order valence-electron chi connectivity index (χ0n) is 11.1. The van der Waals surface area contributed by atoms with Crippen molar-refractivity contribution in [2.24, 2.45) is 5.41 Å². The Bertz CT molecular complexity index is 560. The molecule has 0 aliphatic rings. The fourth-order valence-corrected chi connectivity index (χ4v) is 2.37. The summed E-state index contributed by atoms with van der Waals surface area (Å²) >= 11 is 6.20. The van der Waals surface area contributed by atoms with Crippen molar-refractivity contribution in [1.82, 2.24) is 0 Å². The molecule has 0 saturated heterocycles. The summed E-state index contributed by atoms with van der Waals surface area (Å²) < 4.78 is 0. The molecule has 2 aromatic rings. The molecule has 2 heteroatoms. The quantitative estimate of drug-likeness (QED) is 0.829. The Labute approximate surface area is 113 Å². The van der Waals surface area contributed by atoms with E-state index in [4.69, 9.17) is 11.6 Å². The molecule has 0 fully saturated rings. The predicted molar refractivity (Wildman–Crippen MR) is 78.0 cm³/mol. The lowest BCUT2D eigenvalue weighted by Crippen LogP contribution is -2.21. The van der Waals surface area contributed by atoms with Gasteiger partial charge in [-0.05, 0) is 28.9 Å². The highest BCUT2D eigenvalue weighted by Crippen LogP contribution is 2.40. The van der Waals surface area contributed by atoms with Crippen molar-refractivity contribution in [3.05, 3.63) is 47.0 Å². The first kappa shape index (κ1) is 13.4. The van der Waals surface area contributed by atoms with E-state index in [9.17, 15) is 5.11 Å².